The largest absolute Gasteiger partial charge is 0.480 e. The second-order valence-electron chi connectivity index (χ2n) is 4.30. The Bertz CT molecular complexity index is 502. The minimum Gasteiger partial charge on any atom is -0.480 e. The molecule has 0 bridgehead atoms. The van der Waals surface area contributed by atoms with Gasteiger partial charge in [0.05, 0.1) is 5.56 Å². The molecule has 6 heteroatoms. The topological polar surface area (TPSA) is 87.5 Å². The summed E-state index contributed by atoms with van der Waals surface area (Å²) in [5.74, 6) is -2.02. The maximum atomic E-state index is 11.3. The Kier molecular flexibility index (Phi) is 5.35. The van der Waals surface area contributed by atoms with Crippen LogP contribution in [-0.2, 0) is 4.79 Å². The molecular weight excluding hydrogens is 266 g/mol. The van der Waals surface area contributed by atoms with E-state index in [-0.39, 0.29) is 10.6 Å². The lowest BCUT2D eigenvalue weighted by Crippen LogP contribution is -2.17. The molecule has 19 heavy (non-hydrogen) atoms. The van der Waals surface area contributed by atoms with Gasteiger partial charge in [0.1, 0.15) is 10.3 Å². The Hall–Kier alpha value is -1.56. The van der Waals surface area contributed by atoms with E-state index >= 15 is 0 Å². The maximum absolute atomic E-state index is 11.3. The van der Waals surface area contributed by atoms with Crippen LogP contribution in [0.3, 0.4) is 0 Å². The summed E-state index contributed by atoms with van der Waals surface area (Å²) in [7, 11) is 0. The number of carboxylic acids is 2. The first-order valence-corrected chi connectivity index (χ1v) is 6.85. The Morgan fingerprint density at radius 3 is 2.47 bits per heavy atom. The molecule has 1 heterocycles. The van der Waals surface area contributed by atoms with E-state index < -0.39 is 17.2 Å². The zero-order chi connectivity index (χ0) is 14.6. The Morgan fingerprint density at radius 1 is 1.37 bits per heavy atom. The van der Waals surface area contributed by atoms with Crippen molar-refractivity contribution in [1.82, 2.24) is 4.98 Å². The number of carbonyl (C=O) groups is 2. The average molecular weight is 283 g/mol. The zero-order valence-corrected chi connectivity index (χ0v) is 12.0. The van der Waals surface area contributed by atoms with Crippen LogP contribution in [0.25, 0.3) is 0 Å². The molecule has 0 aromatic carbocycles. The van der Waals surface area contributed by atoms with Gasteiger partial charge in [-0.3, -0.25) is 4.79 Å². The molecule has 0 saturated heterocycles. The first-order valence-electron chi connectivity index (χ1n) is 5.97. The summed E-state index contributed by atoms with van der Waals surface area (Å²) in [6.45, 7) is 5.35. The molecule has 0 saturated carbocycles. The van der Waals surface area contributed by atoms with Crippen LogP contribution in [0, 0.1) is 13.8 Å². The van der Waals surface area contributed by atoms with E-state index in [9.17, 15) is 14.7 Å². The van der Waals surface area contributed by atoms with Crippen LogP contribution in [0.1, 0.15) is 41.4 Å². The van der Waals surface area contributed by atoms with Gasteiger partial charge >= 0.3 is 11.9 Å². The predicted molar refractivity (Wildman–Crippen MR) is 72.9 cm³/mol. The van der Waals surface area contributed by atoms with Crippen LogP contribution in [0.4, 0.5) is 0 Å². The number of aryl methyl sites for hydroxylation is 2. The fourth-order valence-corrected chi connectivity index (χ4v) is 3.06. The molecule has 0 radical (unpaired) electrons. The maximum Gasteiger partial charge on any atom is 0.338 e. The van der Waals surface area contributed by atoms with Gasteiger partial charge in [0, 0.05) is 5.69 Å². The number of thioether (sulfide) groups is 1. The second-order valence-corrected chi connectivity index (χ2v) is 5.49. The molecule has 0 aliphatic heterocycles. The summed E-state index contributed by atoms with van der Waals surface area (Å²) in [4.78, 5) is 26.6. The van der Waals surface area contributed by atoms with Crippen molar-refractivity contribution in [3.63, 3.8) is 0 Å². The highest BCUT2D eigenvalue weighted by atomic mass is 32.2. The Labute approximate surface area is 116 Å². The fourth-order valence-electron chi connectivity index (χ4n) is 1.78. The van der Waals surface area contributed by atoms with E-state index in [0.717, 1.165) is 18.2 Å². The fraction of sp³-hybridized carbons (Fsp3) is 0.462. The van der Waals surface area contributed by atoms with Gasteiger partial charge in [0.25, 0.3) is 0 Å². The van der Waals surface area contributed by atoms with Crippen molar-refractivity contribution in [3.05, 3.63) is 22.9 Å². The summed E-state index contributed by atoms with van der Waals surface area (Å²) >= 11 is 1.01. The number of pyridine rings is 1. The SMILES string of the molecule is CCCC(Sc1nc(C)cc(C)c1C(=O)O)C(=O)O. The minimum atomic E-state index is -1.08. The smallest absolute Gasteiger partial charge is 0.338 e. The molecule has 0 aliphatic rings. The van der Waals surface area contributed by atoms with E-state index in [1.54, 1.807) is 19.9 Å². The number of aliphatic carboxylic acids is 1. The average Bonchev–Trinajstić information content (AvgIpc) is 2.26. The molecule has 0 amide bonds. The number of carboxylic acid groups (broad SMARTS) is 2. The van der Waals surface area contributed by atoms with E-state index in [1.807, 2.05) is 6.92 Å². The highest BCUT2D eigenvalue weighted by molar-refractivity contribution is 8.00. The van der Waals surface area contributed by atoms with Gasteiger partial charge in [0.15, 0.2) is 0 Å². The van der Waals surface area contributed by atoms with Gasteiger partial charge in [-0.25, -0.2) is 9.78 Å². The molecule has 1 unspecified atom stereocenters. The zero-order valence-electron chi connectivity index (χ0n) is 11.1. The van der Waals surface area contributed by atoms with Crippen LogP contribution in [-0.4, -0.2) is 32.4 Å². The van der Waals surface area contributed by atoms with Gasteiger partial charge < -0.3 is 10.2 Å². The Balaban J connectivity index is 3.18. The third kappa shape index (κ3) is 3.96. The summed E-state index contributed by atoms with van der Waals surface area (Å²) in [6.07, 6.45) is 1.20. The number of aromatic nitrogens is 1. The normalized spacial score (nSPS) is 12.2. The molecule has 2 N–H and O–H groups in total. The molecule has 0 fully saturated rings. The van der Waals surface area contributed by atoms with Crippen molar-refractivity contribution in [2.45, 2.75) is 43.9 Å². The third-order valence-electron chi connectivity index (χ3n) is 2.61. The van der Waals surface area contributed by atoms with Crippen LogP contribution >= 0.6 is 11.8 Å². The van der Waals surface area contributed by atoms with Gasteiger partial charge in [0.2, 0.25) is 0 Å². The van der Waals surface area contributed by atoms with E-state index in [0.29, 0.717) is 17.7 Å². The third-order valence-corrected chi connectivity index (χ3v) is 3.85. The van der Waals surface area contributed by atoms with Gasteiger partial charge in [-0.2, -0.15) is 0 Å². The van der Waals surface area contributed by atoms with E-state index in [4.69, 9.17) is 5.11 Å². The van der Waals surface area contributed by atoms with Crippen molar-refractivity contribution in [2.75, 3.05) is 0 Å². The van der Waals surface area contributed by atoms with Crippen LogP contribution in [0.5, 0.6) is 0 Å². The number of hydrogen-bond acceptors (Lipinski definition) is 4. The van der Waals surface area contributed by atoms with Gasteiger partial charge in [-0.1, -0.05) is 25.1 Å². The van der Waals surface area contributed by atoms with Crippen molar-refractivity contribution in [2.24, 2.45) is 0 Å². The van der Waals surface area contributed by atoms with E-state index in [1.165, 1.54) is 0 Å². The van der Waals surface area contributed by atoms with E-state index in [2.05, 4.69) is 4.98 Å². The molecule has 1 rings (SSSR count). The lowest BCUT2D eigenvalue weighted by Gasteiger charge is -2.14. The predicted octanol–water partition coefficient (Wildman–Crippen LogP) is 2.74. The first-order chi connectivity index (χ1) is 8.86. The summed E-state index contributed by atoms with van der Waals surface area (Å²) in [5.41, 5.74) is 1.38. The monoisotopic (exact) mass is 283 g/mol. The molecule has 1 atom stereocenters. The lowest BCUT2D eigenvalue weighted by atomic mass is 10.1. The molecule has 104 valence electrons. The van der Waals surface area contributed by atoms with Crippen molar-refractivity contribution < 1.29 is 19.8 Å². The highest BCUT2D eigenvalue weighted by Crippen LogP contribution is 2.30. The first kappa shape index (κ1) is 15.5. The molecule has 0 spiro atoms. The molecular formula is C13H17NO4S. The summed E-state index contributed by atoms with van der Waals surface area (Å²) in [5, 5.41) is 18.0. The Morgan fingerprint density at radius 2 is 2.00 bits per heavy atom. The van der Waals surface area contributed by atoms with Crippen LogP contribution in [0.2, 0.25) is 0 Å². The number of hydrogen-bond donors (Lipinski definition) is 2. The van der Waals surface area contributed by atoms with Crippen molar-refractivity contribution in [3.8, 4) is 0 Å². The van der Waals surface area contributed by atoms with Crippen LogP contribution < -0.4 is 0 Å². The number of nitrogens with zero attached hydrogens (tertiary/aromatic N) is 1. The number of rotatable bonds is 6. The molecule has 5 nitrogen and oxygen atoms in total. The summed E-state index contributed by atoms with van der Waals surface area (Å²) in [6, 6.07) is 1.68. The number of aromatic carboxylic acids is 1. The lowest BCUT2D eigenvalue weighted by molar-refractivity contribution is -0.136. The highest BCUT2D eigenvalue weighted by Gasteiger charge is 2.23. The minimum absolute atomic E-state index is 0.0953. The summed E-state index contributed by atoms with van der Waals surface area (Å²) < 4.78 is 0. The second kappa shape index (κ2) is 6.56. The van der Waals surface area contributed by atoms with Gasteiger partial charge in [-0.05, 0) is 31.9 Å². The van der Waals surface area contributed by atoms with Gasteiger partial charge in [-0.15, -0.1) is 0 Å². The standard InChI is InChI=1S/C13H17NO4S/c1-4-5-9(12(15)16)19-11-10(13(17)18)7(2)6-8(3)14-11/h6,9H,4-5H2,1-3H3,(H,15,16)(H,17,18). The molecule has 1 aromatic rings. The molecule has 1 aromatic heterocycles. The molecule has 0 aliphatic carbocycles. The van der Waals surface area contributed by atoms with Crippen LogP contribution in [0.15, 0.2) is 11.1 Å². The van der Waals surface area contributed by atoms with Crippen molar-refractivity contribution >= 4 is 23.7 Å². The van der Waals surface area contributed by atoms with Crippen molar-refractivity contribution in [1.29, 1.82) is 0 Å². The quantitative estimate of drug-likeness (QED) is 0.780.